The molecule has 7 heteroatoms. The van der Waals surface area contributed by atoms with Gasteiger partial charge in [0.2, 0.25) is 15.9 Å². The van der Waals surface area contributed by atoms with Gasteiger partial charge in [-0.3, -0.25) is 4.79 Å². The molecule has 168 valence electrons. The van der Waals surface area contributed by atoms with Crippen LogP contribution in [-0.2, 0) is 21.4 Å². The zero-order valence-electron chi connectivity index (χ0n) is 18.1. The van der Waals surface area contributed by atoms with Gasteiger partial charge in [0.05, 0.1) is 0 Å². The molecule has 1 aliphatic rings. The minimum Gasteiger partial charge on any atom is -0.356 e. The lowest BCUT2D eigenvalue weighted by Gasteiger charge is -2.29. The summed E-state index contributed by atoms with van der Waals surface area (Å²) in [4.78, 5) is 12.5. The number of hydrogen-bond donors (Lipinski definition) is 1. The van der Waals surface area contributed by atoms with Crippen molar-refractivity contribution in [2.45, 2.75) is 25.8 Å². The number of sulfonamides is 1. The van der Waals surface area contributed by atoms with Crippen LogP contribution in [0.25, 0.3) is 17.0 Å². The second kappa shape index (κ2) is 10.1. The number of amides is 1. The van der Waals surface area contributed by atoms with E-state index < -0.39 is 10.0 Å². The fraction of sp³-hybridized carbons (Fsp3) is 0.320. The molecule has 2 aromatic carbocycles. The van der Waals surface area contributed by atoms with Crippen LogP contribution >= 0.6 is 0 Å². The highest BCUT2D eigenvalue weighted by Crippen LogP contribution is 2.21. The molecule has 3 aromatic rings. The smallest absolute Gasteiger partial charge is 0.236 e. The highest BCUT2D eigenvalue weighted by molar-refractivity contribution is 7.92. The van der Waals surface area contributed by atoms with Gasteiger partial charge in [-0.15, -0.1) is 0 Å². The van der Waals surface area contributed by atoms with Crippen molar-refractivity contribution in [2.24, 2.45) is 5.92 Å². The average Bonchev–Trinajstić information content (AvgIpc) is 3.24. The Kier molecular flexibility index (Phi) is 7.07. The van der Waals surface area contributed by atoms with E-state index in [0.717, 1.165) is 18.5 Å². The number of aryl methyl sites for hydroxylation is 1. The Morgan fingerprint density at radius 1 is 1.00 bits per heavy atom. The minimum absolute atomic E-state index is 0.0271. The number of nitrogens with one attached hydrogen (secondary N) is 1. The number of aromatic nitrogens is 1. The van der Waals surface area contributed by atoms with Crippen LogP contribution in [-0.4, -0.2) is 42.8 Å². The Balaban J connectivity index is 1.21. The minimum atomic E-state index is -3.48. The lowest BCUT2D eigenvalue weighted by atomic mass is 9.97. The Bertz CT molecular complexity index is 1180. The van der Waals surface area contributed by atoms with Crippen LogP contribution in [0, 0.1) is 5.92 Å². The third-order valence-corrected chi connectivity index (χ3v) is 7.54. The molecule has 2 heterocycles. The van der Waals surface area contributed by atoms with E-state index in [1.54, 1.807) is 6.08 Å². The maximum Gasteiger partial charge on any atom is 0.236 e. The molecule has 1 amide bonds. The van der Waals surface area contributed by atoms with Crippen molar-refractivity contribution in [1.82, 2.24) is 14.2 Å². The molecule has 4 rings (SSSR count). The number of para-hydroxylation sites is 1. The average molecular weight is 452 g/mol. The monoisotopic (exact) mass is 451 g/mol. The molecule has 1 fully saturated rings. The number of rotatable bonds is 8. The van der Waals surface area contributed by atoms with Crippen molar-refractivity contribution in [3.63, 3.8) is 0 Å². The van der Waals surface area contributed by atoms with Crippen molar-refractivity contribution in [3.05, 3.63) is 77.8 Å². The number of carbonyl (C=O) groups excluding carboxylic acids is 1. The maximum absolute atomic E-state index is 12.6. The van der Waals surface area contributed by atoms with E-state index in [2.05, 4.69) is 34.3 Å². The first-order valence-electron chi connectivity index (χ1n) is 11.1. The van der Waals surface area contributed by atoms with Gasteiger partial charge in [-0.25, -0.2) is 8.42 Å². The highest BCUT2D eigenvalue weighted by atomic mass is 32.2. The number of piperidine rings is 1. The fourth-order valence-electron chi connectivity index (χ4n) is 4.13. The Hall–Kier alpha value is -2.90. The van der Waals surface area contributed by atoms with E-state index in [1.807, 2.05) is 42.5 Å². The van der Waals surface area contributed by atoms with E-state index in [4.69, 9.17) is 0 Å². The second-order valence-electron chi connectivity index (χ2n) is 8.14. The SMILES string of the molecule is O=C(NCCCn1ccc2ccccc21)C1CCN(S(=O)(=O)C=Cc2ccccc2)CC1. The second-order valence-corrected chi connectivity index (χ2v) is 9.96. The van der Waals surface area contributed by atoms with Gasteiger partial charge < -0.3 is 9.88 Å². The number of benzene rings is 2. The first-order chi connectivity index (χ1) is 15.5. The molecule has 0 unspecified atom stereocenters. The van der Waals surface area contributed by atoms with Gasteiger partial charge in [-0.1, -0.05) is 48.5 Å². The van der Waals surface area contributed by atoms with Crippen LogP contribution in [0.2, 0.25) is 0 Å². The highest BCUT2D eigenvalue weighted by Gasteiger charge is 2.29. The van der Waals surface area contributed by atoms with Crippen LogP contribution in [0.4, 0.5) is 0 Å². The predicted molar refractivity (Wildman–Crippen MR) is 128 cm³/mol. The summed E-state index contributed by atoms with van der Waals surface area (Å²) >= 11 is 0. The normalized spacial score (nSPS) is 16.0. The molecule has 32 heavy (non-hydrogen) atoms. The summed E-state index contributed by atoms with van der Waals surface area (Å²) in [5.41, 5.74) is 2.05. The van der Waals surface area contributed by atoms with E-state index in [1.165, 1.54) is 20.6 Å². The van der Waals surface area contributed by atoms with Crippen LogP contribution < -0.4 is 5.32 Å². The molecule has 1 saturated heterocycles. The van der Waals surface area contributed by atoms with Crippen LogP contribution in [0.15, 0.2) is 72.3 Å². The Morgan fingerprint density at radius 3 is 2.50 bits per heavy atom. The van der Waals surface area contributed by atoms with Gasteiger partial charge in [0.15, 0.2) is 0 Å². The van der Waals surface area contributed by atoms with Gasteiger partial charge in [-0.05, 0) is 48.4 Å². The summed E-state index contributed by atoms with van der Waals surface area (Å²) < 4.78 is 28.8. The topological polar surface area (TPSA) is 71.4 Å². The molecule has 1 aliphatic heterocycles. The number of hydrogen-bond acceptors (Lipinski definition) is 3. The molecule has 0 spiro atoms. The standard InChI is InChI=1S/C25H29N3O3S/c29-25(26-15-6-16-27-17-11-22-9-4-5-10-24(22)27)23-12-18-28(19-13-23)32(30,31)20-14-21-7-2-1-3-8-21/h1-5,7-11,14,17,20,23H,6,12-13,15-16,18-19H2,(H,26,29). The zero-order valence-corrected chi connectivity index (χ0v) is 18.9. The van der Waals surface area contributed by atoms with Crippen LogP contribution in [0.5, 0.6) is 0 Å². The molecular weight excluding hydrogens is 422 g/mol. The molecule has 1 N–H and O–H groups in total. The molecule has 6 nitrogen and oxygen atoms in total. The fourth-order valence-corrected chi connectivity index (χ4v) is 5.35. The maximum atomic E-state index is 12.6. The largest absolute Gasteiger partial charge is 0.356 e. The van der Waals surface area contributed by atoms with Gasteiger partial charge in [-0.2, -0.15) is 4.31 Å². The Labute approximate surface area is 189 Å². The summed E-state index contributed by atoms with van der Waals surface area (Å²) in [6.07, 6.45) is 5.64. The number of fused-ring (bicyclic) bond motifs is 1. The molecule has 0 bridgehead atoms. The molecule has 1 aromatic heterocycles. The van der Waals surface area contributed by atoms with Crippen molar-refractivity contribution < 1.29 is 13.2 Å². The number of carbonyl (C=O) groups is 1. The van der Waals surface area contributed by atoms with E-state index in [9.17, 15) is 13.2 Å². The summed E-state index contributed by atoms with van der Waals surface area (Å²) in [5.74, 6) is -0.105. The summed E-state index contributed by atoms with van der Waals surface area (Å²) in [6, 6.07) is 19.7. The first-order valence-corrected chi connectivity index (χ1v) is 12.6. The molecule has 0 radical (unpaired) electrons. The van der Waals surface area contributed by atoms with Gasteiger partial charge in [0.1, 0.15) is 0 Å². The lowest BCUT2D eigenvalue weighted by Crippen LogP contribution is -2.42. The predicted octanol–water partition coefficient (Wildman–Crippen LogP) is 3.86. The van der Waals surface area contributed by atoms with Crippen molar-refractivity contribution >= 4 is 32.9 Å². The van der Waals surface area contributed by atoms with Crippen molar-refractivity contribution in [3.8, 4) is 0 Å². The van der Waals surface area contributed by atoms with Crippen molar-refractivity contribution in [2.75, 3.05) is 19.6 Å². The molecular formula is C25H29N3O3S. The van der Waals surface area contributed by atoms with E-state index in [-0.39, 0.29) is 11.8 Å². The van der Waals surface area contributed by atoms with Gasteiger partial charge >= 0.3 is 0 Å². The lowest BCUT2D eigenvalue weighted by molar-refractivity contribution is -0.126. The van der Waals surface area contributed by atoms with E-state index >= 15 is 0 Å². The first kappa shape index (κ1) is 22.3. The zero-order chi connectivity index (χ0) is 22.4. The van der Waals surface area contributed by atoms with Crippen LogP contribution in [0.1, 0.15) is 24.8 Å². The third kappa shape index (κ3) is 5.47. The van der Waals surface area contributed by atoms with Gasteiger partial charge in [0, 0.05) is 49.2 Å². The summed E-state index contributed by atoms with van der Waals surface area (Å²) in [5, 5.41) is 5.51. The molecule has 0 aliphatic carbocycles. The van der Waals surface area contributed by atoms with Gasteiger partial charge in [0.25, 0.3) is 0 Å². The summed E-state index contributed by atoms with van der Waals surface area (Å²) in [6.45, 7) is 2.20. The number of nitrogens with zero attached hydrogens (tertiary/aromatic N) is 2. The summed E-state index contributed by atoms with van der Waals surface area (Å²) in [7, 11) is -3.48. The van der Waals surface area contributed by atoms with Crippen molar-refractivity contribution in [1.29, 1.82) is 0 Å². The quantitative estimate of drug-likeness (QED) is 0.529. The molecule has 0 atom stereocenters. The van der Waals surface area contributed by atoms with Crippen LogP contribution in [0.3, 0.4) is 0 Å². The third-order valence-electron chi connectivity index (χ3n) is 5.97. The molecule has 0 saturated carbocycles. The van der Waals surface area contributed by atoms with E-state index in [0.29, 0.717) is 32.5 Å². The Morgan fingerprint density at radius 2 is 1.72 bits per heavy atom.